The van der Waals surface area contributed by atoms with Gasteiger partial charge in [-0.3, -0.25) is 0 Å². The summed E-state index contributed by atoms with van der Waals surface area (Å²) in [6, 6.07) is 3.46. The molecule has 68 valence electrons. The van der Waals surface area contributed by atoms with Crippen molar-refractivity contribution in [3.05, 3.63) is 18.5 Å². The Labute approximate surface area is 74.9 Å². The van der Waals surface area contributed by atoms with Crippen LogP contribution >= 0.6 is 0 Å². The van der Waals surface area contributed by atoms with E-state index in [1.165, 1.54) is 11.1 Å². The van der Waals surface area contributed by atoms with Crippen molar-refractivity contribution in [2.75, 3.05) is 18.6 Å². The SMILES string of the molecule is COn1cnc2c(N)ccc(N)c21. The molecule has 0 atom stereocenters. The number of nitrogen functional groups attached to an aromatic ring is 2. The van der Waals surface area contributed by atoms with Gasteiger partial charge in [-0.05, 0) is 12.1 Å². The smallest absolute Gasteiger partial charge is 0.133 e. The Bertz CT molecular complexity index is 449. The highest BCUT2D eigenvalue weighted by atomic mass is 16.6. The molecule has 2 rings (SSSR count). The third-order valence-electron chi connectivity index (χ3n) is 1.92. The van der Waals surface area contributed by atoms with Gasteiger partial charge in [0.15, 0.2) is 0 Å². The maximum absolute atomic E-state index is 5.75. The summed E-state index contributed by atoms with van der Waals surface area (Å²) in [6.07, 6.45) is 1.54. The van der Waals surface area contributed by atoms with Crippen LogP contribution in [0.4, 0.5) is 11.4 Å². The zero-order chi connectivity index (χ0) is 9.42. The van der Waals surface area contributed by atoms with Crippen LogP contribution in [0.1, 0.15) is 0 Å². The summed E-state index contributed by atoms with van der Waals surface area (Å²) in [4.78, 5) is 9.10. The summed E-state index contributed by atoms with van der Waals surface area (Å²) in [7, 11) is 1.55. The predicted octanol–water partition coefficient (Wildman–Crippen LogP) is 0.259. The predicted molar refractivity (Wildman–Crippen MR) is 51.1 cm³/mol. The fourth-order valence-electron chi connectivity index (χ4n) is 1.28. The number of hydrogen-bond acceptors (Lipinski definition) is 4. The molecule has 0 bridgehead atoms. The fraction of sp³-hybridized carbons (Fsp3) is 0.125. The van der Waals surface area contributed by atoms with Crippen LogP contribution in [0.5, 0.6) is 0 Å². The maximum atomic E-state index is 5.75. The molecular formula is C8H10N4O. The Balaban J connectivity index is 2.87. The van der Waals surface area contributed by atoms with Crippen molar-refractivity contribution in [3.63, 3.8) is 0 Å². The zero-order valence-corrected chi connectivity index (χ0v) is 7.19. The Kier molecular flexibility index (Phi) is 1.51. The van der Waals surface area contributed by atoms with Crippen LogP contribution in [0.2, 0.25) is 0 Å². The summed E-state index contributed by atoms with van der Waals surface area (Å²) in [5.41, 5.74) is 14.0. The van der Waals surface area contributed by atoms with E-state index in [9.17, 15) is 0 Å². The van der Waals surface area contributed by atoms with Gasteiger partial charge in [-0.15, -0.1) is 0 Å². The summed E-state index contributed by atoms with van der Waals surface area (Å²) in [5, 5.41) is 0. The van der Waals surface area contributed by atoms with Gasteiger partial charge in [0, 0.05) is 0 Å². The van der Waals surface area contributed by atoms with Gasteiger partial charge in [0.1, 0.15) is 24.5 Å². The molecular weight excluding hydrogens is 168 g/mol. The first-order chi connectivity index (χ1) is 6.24. The van der Waals surface area contributed by atoms with E-state index < -0.39 is 0 Å². The molecule has 0 amide bonds. The molecule has 5 nitrogen and oxygen atoms in total. The number of anilines is 2. The van der Waals surface area contributed by atoms with E-state index in [0.717, 1.165) is 0 Å². The van der Waals surface area contributed by atoms with Gasteiger partial charge in [-0.1, -0.05) is 0 Å². The number of hydrogen-bond donors (Lipinski definition) is 2. The van der Waals surface area contributed by atoms with Crippen LogP contribution in [0, 0.1) is 0 Å². The second-order valence-corrected chi connectivity index (χ2v) is 2.69. The second-order valence-electron chi connectivity index (χ2n) is 2.69. The Hall–Kier alpha value is -1.91. The standard InChI is InChI=1S/C8H10N4O/c1-13-12-4-11-7-5(9)2-3-6(10)8(7)12/h2-4H,9-10H2,1H3. The second kappa shape index (κ2) is 2.55. The summed E-state index contributed by atoms with van der Waals surface area (Å²) >= 11 is 0. The summed E-state index contributed by atoms with van der Waals surface area (Å²) in [6.45, 7) is 0. The van der Waals surface area contributed by atoms with Crippen molar-refractivity contribution >= 4 is 22.4 Å². The minimum atomic E-state index is 0.597. The zero-order valence-electron chi connectivity index (χ0n) is 7.19. The first kappa shape index (κ1) is 7.72. The Morgan fingerprint density at radius 3 is 2.69 bits per heavy atom. The van der Waals surface area contributed by atoms with E-state index in [2.05, 4.69) is 4.98 Å². The van der Waals surface area contributed by atoms with Crippen molar-refractivity contribution in [2.24, 2.45) is 0 Å². The molecule has 1 aromatic heterocycles. The quantitative estimate of drug-likeness (QED) is 0.614. The number of aromatic nitrogens is 2. The normalized spacial score (nSPS) is 10.5. The third-order valence-corrected chi connectivity index (χ3v) is 1.92. The molecule has 0 unspecified atom stereocenters. The van der Waals surface area contributed by atoms with Crippen molar-refractivity contribution < 1.29 is 4.84 Å². The molecule has 1 heterocycles. The molecule has 0 aliphatic carbocycles. The Morgan fingerprint density at radius 2 is 2.00 bits per heavy atom. The number of nitrogens with two attached hydrogens (primary N) is 2. The van der Waals surface area contributed by atoms with Crippen LogP contribution < -0.4 is 16.3 Å². The third kappa shape index (κ3) is 0.970. The molecule has 5 heteroatoms. The number of benzene rings is 1. The van der Waals surface area contributed by atoms with Crippen LogP contribution in [0.3, 0.4) is 0 Å². The highest BCUT2D eigenvalue weighted by molar-refractivity contribution is 5.95. The topological polar surface area (TPSA) is 79.1 Å². The molecule has 0 fully saturated rings. The van der Waals surface area contributed by atoms with E-state index in [4.69, 9.17) is 16.3 Å². The van der Waals surface area contributed by atoms with Crippen LogP contribution in [-0.2, 0) is 0 Å². The molecule has 0 saturated carbocycles. The molecule has 0 saturated heterocycles. The minimum Gasteiger partial charge on any atom is -0.415 e. The van der Waals surface area contributed by atoms with Crippen LogP contribution in [-0.4, -0.2) is 16.8 Å². The van der Waals surface area contributed by atoms with Gasteiger partial charge in [0.25, 0.3) is 0 Å². The number of imidazole rings is 1. The van der Waals surface area contributed by atoms with E-state index in [1.54, 1.807) is 19.2 Å². The van der Waals surface area contributed by atoms with Crippen LogP contribution in [0.15, 0.2) is 18.5 Å². The average molecular weight is 178 g/mol. The van der Waals surface area contributed by atoms with Crippen molar-refractivity contribution in [1.82, 2.24) is 9.71 Å². The molecule has 0 aliphatic rings. The lowest BCUT2D eigenvalue weighted by Crippen LogP contribution is -2.05. The van der Waals surface area contributed by atoms with Crippen molar-refractivity contribution in [1.29, 1.82) is 0 Å². The fourth-order valence-corrected chi connectivity index (χ4v) is 1.28. The van der Waals surface area contributed by atoms with Crippen molar-refractivity contribution in [2.45, 2.75) is 0 Å². The van der Waals surface area contributed by atoms with Gasteiger partial charge < -0.3 is 16.3 Å². The highest BCUT2D eigenvalue weighted by Crippen LogP contribution is 2.24. The van der Waals surface area contributed by atoms with E-state index in [-0.39, 0.29) is 0 Å². The van der Waals surface area contributed by atoms with Gasteiger partial charge in [0.05, 0.1) is 11.4 Å². The van der Waals surface area contributed by atoms with Crippen LogP contribution in [0.25, 0.3) is 11.0 Å². The largest absolute Gasteiger partial charge is 0.415 e. The first-order valence-electron chi connectivity index (χ1n) is 3.79. The highest BCUT2D eigenvalue weighted by Gasteiger charge is 2.08. The molecule has 2 aromatic rings. The van der Waals surface area contributed by atoms with Gasteiger partial charge >= 0.3 is 0 Å². The monoisotopic (exact) mass is 178 g/mol. The Morgan fingerprint density at radius 1 is 1.31 bits per heavy atom. The number of rotatable bonds is 1. The van der Waals surface area contributed by atoms with E-state index in [0.29, 0.717) is 22.4 Å². The average Bonchev–Trinajstić information content (AvgIpc) is 2.56. The molecule has 4 N–H and O–H groups in total. The molecule has 0 aliphatic heterocycles. The maximum Gasteiger partial charge on any atom is 0.133 e. The van der Waals surface area contributed by atoms with Gasteiger partial charge in [-0.25, -0.2) is 4.98 Å². The van der Waals surface area contributed by atoms with Crippen molar-refractivity contribution in [3.8, 4) is 0 Å². The lowest BCUT2D eigenvalue weighted by molar-refractivity contribution is 0.177. The number of fused-ring (bicyclic) bond motifs is 1. The van der Waals surface area contributed by atoms with Gasteiger partial charge in [-0.2, -0.15) is 4.73 Å². The molecule has 0 spiro atoms. The summed E-state index contributed by atoms with van der Waals surface area (Å²) < 4.78 is 1.49. The van der Waals surface area contributed by atoms with E-state index in [1.807, 2.05) is 0 Å². The van der Waals surface area contributed by atoms with Gasteiger partial charge in [0.2, 0.25) is 0 Å². The summed E-state index contributed by atoms with van der Waals surface area (Å²) in [5.74, 6) is 0. The molecule has 13 heavy (non-hydrogen) atoms. The lowest BCUT2D eigenvalue weighted by Gasteiger charge is -2.03. The lowest BCUT2D eigenvalue weighted by atomic mass is 10.2. The van der Waals surface area contributed by atoms with E-state index >= 15 is 0 Å². The first-order valence-corrected chi connectivity index (χ1v) is 3.79. The molecule has 1 aromatic carbocycles. The minimum absolute atomic E-state index is 0.597. The molecule has 0 radical (unpaired) electrons. The number of nitrogens with zero attached hydrogens (tertiary/aromatic N) is 2.